The van der Waals surface area contributed by atoms with Gasteiger partial charge in [0, 0.05) is 17.8 Å². The van der Waals surface area contributed by atoms with E-state index in [1.54, 1.807) is 25.3 Å². The molecule has 0 aromatic heterocycles. The van der Waals surface area contributed by atoms with E-state index in [2.05, 4.69) is 10.6 Å². The van der Waals surface area contributed by atoms with E-state index in [0.717, 1.165) is 0 Å². The van der Waals surface area contributed by atoms with Crippen molar-refractivity contribution in [2.24, 2.45) is 5.92 Å². The summed E-state index contributed by atoms with van der Waals surface area (Å²) in [6.07, 6.45) is 0. The second-order valence-corrected chi connectivity index (χ2v) is 4.83. The van der Waals surface area contributed by atoms with Crippen LogP contribution in [0.2, 0.25) is 0 Å². The molecule has 2 atom stereocenters. The molecule has 2 rings (SSSR count). The number of methoxy groups -OCH3 is 1. The summed E-state index contributed by atoms with van der Waals surface area (Å²) in [6.45, 7) is 3.43. The lowest BCUT2D eigenvalue weighted by Crippen LogP contribution is -2.39. The van der Waals surface area contributed by atoms with Crippen molar-refractivity contribution in [1.82, 2.24) is 5.32 Å². The zero-order valence-corrected chi connectivity index (χ0v) is 12.6. The molecule has 6 nitrogen and oxygen atoms in total. The third kappa shape index (κ3) is 3.65. The molecule has 0 radical (unpaired) electrons. The van der Waals surface area contributed by atoms with Gasteiger partial charge in [-0.15, -0.1) is 0 Å². The first-order valence-electron chi connectivity index (χ1n) is 7.06. The van der Waals surface area contributed by atoms with Crippen LogP contribution < -0.4 is 20.1 Å². The van der Waals surface area contributed by atoms with Crippen molar-refractivity contribution >= 4 is 11.6 Å². The van der Waals surface area contributed by atoms with Gasteiger partial charge in [0.1, 0.15) is 0 Å². The first-order chi connectivity index (χ1) is 10.2. The van der Waals surface area contributed by atoms with Crippen LogP contribution in [0, 0.1) is 5.92 Å². The van der Waals surface area contributed by atoms with E-state index in [1.165, 1.54) is 0 Å². The van der Waals surface area contributed by atoms with E-state index in [-0.39, 0.29) is 17.9 Å². The minimum Gasteiger partial charge on any atom is -0.493 e. The molecule has 1 aromatic rings. The third-order valence-corrected chi connectivity index (χ3v) is 3.52. The molecule has 2 N–H and O–H groups in total. The molecule has 0 bridgehead atoms. The predicted molar refractivity (Wildman–Crippen MR) is 79.9 cm³/mol. The topological polar surface area (TPSA) is 68.8 Å². The lowest BCUT2D eigenvalue weighted by atomic mass is 10.0. The fourth-order valence-electron chi connectivity index (χ4n) is 2.35. The van der Waals surface area contributed by atoms with E-state index in [9.17, 15) is 4.79 Å². The van der Waals surface area contributed by atoms with Crippen molar-refractivity contribution in [2.45, 2.75) is 13.0 Å². The second kappa shape index (κ2) is 7.28. The van der Waals surface area contributed by atoms with Gasteiger partial charge in [-0.1, -0.05) is 0 Å². The maximum absolute atomic E-state index is 12.3. The Hall–Kier alpha value is -1.79. The minimum atomic E-state index is -0.187. The standard InChI is InChI=1S/C15H22N2O4/c1-4-21-14-7-10(5-6-13(14)19-3)17-15(18)11-8-20-9-12(11)16-2/h5-7,11-12,16H,4,8-9H2,1-3H3,(H,17,18). The number of likely N-dealkylation sites (N-methyl/N-ethyl adjacent to an activating group) is 1. The molecule has 0 saturated carbocycles. The summed E-state index contributed by atoms with van der Waals surface area (Å²) in [5.41, 5.74) is 0.686. The quantitative estimate of drug-likeness (QED) is 0.827. The summed E-state index contributed by atoms with van der Waals surface area (Å²) in [7, 11) is 3.42. The maximum atomic E-state index is 12.3. The van der Waals surface area contributed by atoms with Gasteiger partial charge in [-0.3, -0.25) is 4.79 Å². The van der Waals surface area contributed by atoms with Crippen LogP contribution in [0.1, 0.15) is 6.92 Å². The Balaban J connectivity index is 2.08. The Morgan fingerprint density at radius 3 is 2.86 bits per heavy atom. The van der Waals surface area contributed by atoms with Gasteiger partial charge in [-0.05, 0) is 26.1 Å². The van der Waals surface area contributed by atoms with Gasteiger partial charge in [0.25, 0.3) is 0 Å². The summed E-state index contributed by atoms with van der Waals surface area (Å²) >= 11 is 0. The molecule has 1 heterocycles. The molecule has 1 aromatic carbocycles. The first-order valence-corrected chi connectivity index (χ1v) is 7.06. The van der Waals surface area contributed by atoms with Gasteiger partial charge < -0.3 is 24.8 Å². The lowest BCUT2D eigenvalue weighted by molar-refractivity contribution is -0.120. The highest BCUT2D eigenvalue weighted by atomic mass is 16.5. The highest BCUT2D eigenvalue weighted by Gasteiger charge is 2.33. The van der Waals surface area contributed by atoms with Crippen molar-refractivity contribution < 1.29 is 19.0 Å². The largest absolute Gasteiger partial charge is 0.493 e. The van der Waals surface area contributed by atoms with Crippen molar-refractivity contribution in [3.05, 3.63) is 18.2 Å². The van der Waals surface area contributed by atoms with E-state index in [4.69, 9.17) is 14.2 Å². The highest BCUT2D eigenvalue weighted by Crippen LogP contribution is 2.30. The molecule has 1 saturated heterocycles. The number of hydrogen-bond acceptors (Lipinski definition) is 5. The number of carbonyl (C=O) groups excluding carboxylic acids is 1. The van der Waals surface area contributed by atoms with Gasteiger partial charge in [0.2, 0.25) is 5.91 Å². The average Bonchev–Trinajstić information content (AvgIpc) is 2.96. The van der Waals surface area contributed by atoms with Gasteiger partial charge >= 0.3 is 0 Å². The first kappa shape index (κ1) is 15.6. The summed E-state index contributed by atoms with van der Waals surface area (Å²) in [6, 6.07) is 5.39. The number of rotatable bonds is 6. The SMILES string of the molecule is CCOc1cc(NC(=O)C2COCC2NC)ccc1OC. The number of anilines is 1. The van der Waals surface area contributed by atoms with Gasteiger partial charge in [0.05, 0.1) is 32.8 Å². The summed E-state index contributed by atoms with van der Waals surface area (Å²) in [5, 5.41) is 6.00. The van der Waals surface area contributed by atoms with Crippen molar-refractivity contribution in [2.75, 3.05) is 39.3 Å². The normalized spacial score (nSPS) is 21.1. The van der Waals surface area contributed by atoms with Crippen LogP contribution in [0.15, 0.2) is 18.2 Å². The Kier molecular flexibility index (Phi) is 5.41. The van der Waals surface area contributed by atoms with Crippen LogP contribution in [0.4, 0.5) is 5.69 Å². The van der Waals surface area contributed by atoms with E-state index >= 15 is 0 Å². The number of hydrogen-bond donors (Lipinski definition) is 2. The highest BCUT2D eigenvalue weighted by molar-refractivity contribution is 5.93. The van der Waals surface area contributed by atoms with Crippen LogP contribution >= 0.6 is 0 Å². The van der Waals surface area contributed by atoms with E-state index in [1.807, 2.05) is 14.0 Å². The molecule has 21 heavy (non-hydrogen) atoms. The van der Waals surface area contributed by atoms with Crippen LogP contribution in [-0.4, -0.2) is 45.9 Å². The monoisotopic (exact) mass is 294 g/mol. The Morgan fingerprint density at radius 2 is 2.19 bits per heavy atom. The molecule has 0 aliphatic carbocycles. The number of nitrogens with one attached hydrogen (secondary N) is 2. The Labute approximate surface area is 124 Å². The molecule has 1 aliphatic heterocycles. The van der Waals surface area contributed by atoms with Crippen LogP contribution in [0.25, 0.3) is 0 Å². The predicted octanol–water partition coefficient (Wildman–Crippen LogP) is 1.27. The minimum absolute atomic E-state index is 0.0506. The van der Waals surface area contributed by atoms with Crippen molar-refractivity contribution in [3.63, 3.8) is 0 Å². The molecule has 116 valence electrons. The average molecular weight is 294 g/mol. The number of benzene rings is 1. The fourth-order valence-corrected chi connectivity index (χ4v) is 2.35. The zero-order chi connectivity index (χ0) is 15.2. The molecular formula is C15H22N2O4. The summed E-state index contributed by atoms with van der Waals surface area (Å²) < 4.78 is 16.1. The van der Waals surface area contributed by atoms with Crippen LogP contribution in [-0.2, 0) is 9.53 Å². The lowest BCUT2D eigenvalue weighted by Gasteiger charge is -2.17. The third-order valence-electron chi connectivity index (χ3n) is 3.52. The number of ether oxygens (including phenoxy) is 3. The maximum Gasteiger partial charge on any atom is 0.231 e. The zero-order valence-electron chi connectivity index (χ0n) is 12.6. The molecular weight excluding hydrogens is 272 g/mol. The number of carbonyl (C=O) groups is 1. The number of amides is 1. The van der Waals surface area contributed by atoms with Crippen LogP contribution in [0.3, 0.4) is 0 Å². The van der Waals surface area contributed by atoms with E-state index < -0.39 is 0 Å². The molecule has 1 amide bonds. The van der Waals surface area contributed by atoms with Gasteiger partial charge in [-0.2, -0.15) is 0 Å². The molecule has 0 spiro atoms. The molecule has 6 heteroatoms. The summed E-state index contributed by atoms with van der Waals surface area (Å²) in [4.78, 5) is 12.3. The Bertz CT molecular complexity index is 493. The summed E-state index contributed by atoms with van der Waals surface area (Å²) in [5.74, 6) is 1.02. The van der Waals surface area contributed by atoms with Gasteiger partial charge in [0.15, 0.2) is 11.5 Å². The van der Waals surface area contributed by atoms with E-state index in [0.29, 0.717) is 37.0 Å². The van der Waals surface area contributed by atoms with Gasteiger partial charge in [-0.25, -0.2) is 0 Å². The van der Waals surface area contributed by atoms with Crippen molar-refractivity contribution in [3.8, 4) is 11.5 Å². The second-order valence-electron chi connectivity index (χ2n) is 4.83. The molecule has 1 aliphatic rings. The van der Waals surface area contributed by atoms with Crippen LogP contribution in [0.5, 0.6) is 11.5 Å². The smallest absolute Gasteiger partial charge is 0.231 e. The molecule has 1 fully saturated rings. The van der Waals surface area contributed by atoms with Crippen molar-refractivity contribution in [1.29, 1.82) is 0 Å². The molecule has 2 unspecified atom stereocenters. The fraction of sp³-hybridized carbons (Fsp3) is 0.533. The Morgan fingerprint density at radius 1 is 1.38 bits per heavy atom.